The maximum atomic E-state index is 5.88. The first-order valence-electron chi connectivity index (χ1n) is 4.90. The van der Waals surface area contributed by atoms with E-state index in [1.807, 2.05) is 24.3 Å². The SMILES string of the molecule is Clc1cccc(/C=C/[C@@H]2CCCO2)c1. The molecule has 1 aromatic carbocycles. The lowest BCUT2D eigenvalue weighted by Crippen LogP contribution is -1.98. The van der Waals surface area contributed by atoms with Crippen molar-refractivity contribution in [3.05, 3.63) is 40.9 Å². The summed E-state index contributed by atoms with van der Waals surface area (Å²) in [4.78, 5) is 0. The molecule has 0 radical (unpaired) electrons. The summed E-state index contributed by atoms with van der Waals surface area (Å²) < 4.78 is 5.49. The van der Waals surface area contributed by atoms with Gasteiger partial charge in [-0.25, -0.2) is 0 Å². The molecule has 1 saturated heterocycles. The molecule has 1 fully saturated rings. The maximum Gasteiger partial charge on any atom is 0.0759 e. The highest BCUT2D eigenvalue weighted by molar-refractivity contribution is 6.30. The number of halogens is 1. The first-order chi connectivity index (χ1) is 6.84. The molecule has 1 aromatic rings. The molecule has 1 aliphatic heterocycles. The first-order valence-corrected chi connectivity index (χ1v) is 5.28. The Labute approximate surface area is 89.3 Å². The number of rotatable bonds is 2. The van der Waals surface area contributed by atoms with Crippen molar-refractivity contribution < 1.29 is 4.74 Å². The molecule has 1 heterocycles. The lowest BCUT2D eigenvalue weighted by Gasteiger charge is -2.01. The van der Waals surface area contributed by atoms with Gasteiger partial charge in [-0.2, -0.15) is 0 Å². The summed E-state index contributed by atoms with van der Waals surface area (Å²) in [6.07, 6.45) is 6.79. The molecule has 0 aromatic heterocycles. The van der Waals surface area contributed by atoms with Crippen LogP contribution in [0.2, 0.25) is 5.02 Å². The molecule has 0 N–H and O–H groups in total. The van der Waals surface area contributed by atoms with Crippen LogP contribution in [-0.4, -0.2) is 12.7 Å². The van der Waals surface area contributed by atoms with E-state index in [9.17, 15) is 0 Å². The molecule has 74 valence electrons. The monoisotopic (exact) mass is 208 g/mol. The maximum absolute atomic E-state index is 5.88. The van der Waals surface area contributed by atoms with Crippen LogP contribution in [0.3, 0.4) is 0 Å². The second-order valence-electron chi connectivity index (χ2n) is 3.47. The van der Waals surface area contributed by atoms with Gasteiger partial charge in [-0.05, 0) is 30.5 Å². The fourth-order valence-electron chi connectivity index (χ4n) is 1.58. The van der Waals surface area contributed by atoms with Crippen molar-refractivity contribution in [1.82, 2.24) is 0 Å². The Morgan fingerprint density at radius 1 is 1.43 bits per heavy atom. The van der Waals surface area contributed by atoms with Gasteiger partial charge in [0.25, 0.3) is 0 Å². The standard InChI is InChI=1S/C12H13ClO/c13-11-4-1-3-10(9-11)6-7-12-5-2-8-14-12/h1,3-4,6-7,9,12H,2,5,8H2/b7-6+/t12-/m0/s1. The van der Waals surface area contributed by atoms with Gasteiger partial charge in [0.1, 0.15) is 0 Å². The van der Waals surface area contributed by atoms with Crippen molar-refractivity contribution in [1.29, 1.82) is 0 Å². The Kier molecular flexibility index (Phi) is 3.22. The summed E-state index contributed by atoms with van der Waals surface area (Å²) in [6, 6.07) is 7.83. The van der Waals surface area contributed by atoms with Crippen molar-refractivity contribution in [3.63, 3.8) is 0 Å². The van der Waals surface area contributed by atoms with Crippen LogP contribution in [0.1, 0.15) is 18.4 Å². The minimum atomic E-state index is 0.300. The summed E-state index contributed by atoms with van der Waals surface area (Å²) in [7, 11) is 0. The fourth-order valence-corrected chi connectivity index (χ4v) is 1.78. The van der Waals surface area contributed by atoms with Gasteiger partial charge in [-0.1, -0.05) is 35.9 Å². The second-order valence-corrected chi connectivity index (χ2v) is 3.90. The molecule has 2 heteroatoms. The van der Waals surface area contributed by atoms with Crippen LogP contribution in [0.25, 0.3) is 6.08 Å². The van der Waals surface area contributed by atoms with Crippen LogP contribution in [0, 0.1) is 0 Å². The Morgan fingerprint density at radius 3 is 3.07 bits per heavy atom. The Morgan fingerprint density at radius 2 is 2.36 bits per heavy atom. The average molecular weight is 209 g/mol. The molecule has 0 bridgehead atoms. The van der Waals surface area contributed by atoms with Gasteiger partial charge < -0.3 is 4.74 Å². The molecule has 0 unspecified atom stereocenters. The van der Waals surface area contributed by atoms with Gasteiger partial charge in [0, 0.05) is 11.6 Å². The summed E-state index contributed by atoms with van der Waals surface area (Å²) in [5.41, 5.74) is 1.13. The van der Waals surface area contributed by atoms with Crippen molar-refractivity contribution >= 4 is 17.7 Å². The topological polar surface area (TPSA) is 9.23 Å². The molecule has 0 spiro atoms. The van der Waals surface area contributed by atoms with E-state index in [1.165, 1.54) is 6.42 Å². The Balaban J connectivity index is 2.02. The van der Waals surface area contributed by atoms with E-state index in [0.717, 1.165) is 23.6 Å². The summed E-state index contributed by atoms with van der Waals surface area (Å²) in [6.45, 7) is 0.893. The first kappa shape index (κ1) is 9.75. The highest BCUT2D eigenvalue weighted by Crippen LogP contribution is 2.16. The van der Waals surface area contributed by atoms with Crippen molar-refractivity contribution in [2.45, 2.75) is 18.9 Å². The van der Waals surface area contributed by atoms with Crippen LogP contribution >= 0.6 is 11.6 Å². The van der Waals surface area contributed by atoms with E-state index < -0.39 is 0 Å². The van der Waals surface area contributed by atoms with E-state index in [2.05, 4.69) is 12.2 Å². The van der Waals surface area contributed by atoms with Gasteiger partial charge in [0.05, 0.1) is 6.10 Å². The van der Waals surface area contributed by atoms with Gasteiger partial charge in [0.2, 0.25) is 0 Å². The molecule has 1 aliphatic rings. The highest BCUT2D eigenvalue weighted by atomic mass is 35.5. The third kappa shape index (κ3) is 2.60. The molecule has 1 nitrogen and oxygen atoms in total. The van der Waals surface area contributed by atoms with Crippen LogP contribution in [-0.2, 0) is 4.74 Å². The zero-order valence-corrected chi connectivity index (χ0v) is 8.70. The van der Waals surface area contributed by atoms with Gasteiger partial charge >= 0.3 is 0 Å². The molecule has 2 rings (SSSR count). The van der Waals surface area contributed by atoms with Crippen LogP contribution < -0.4 is 0 Å². The number of hydrogen-bond acceptors (Lipinski definition) is 1. The molecule has 0 amide bonds. The number of benzene rings is 1. The Hall–Kier alpha value is -0.790. The second kappa shape index (κ2) is 4.63. The zero-order valence-electron chi connectivity index (χ0n) is 7.95. The minimum absolute atomic E-state index is 0.300. The number of ether oxygens (including phenoxy) is 1. The minimum Gasteiger partial charge on any atom is -0.374 e. The van der Waals surface area contributed by atoms with Gasteiger partial charge in [-0.3, -0.25) is 0 Å². The smallest absolute Gasteiger partial charge is 0.0759 e. The van der Waals surface area contributed by atoms with E-state index in [-0.39, 0.29) is 0 Å². The normalized spacial score (nSPS) is 21.9. The fraction of sp³-hybridized carbons (Fsp3) is 0.333. The largest absolute Gasteiger partial charge is 0.374 e. The van der Waals surface area contributed by atoms with E-state index in [0.29, 0.717) is 6.10 Å². The van der Waals surface area contributed by atoms with Gasteiger partial charge in [-0.15, -0.1) is 0 Å². The van der Waals surface area contributed by atoms with Crippen molar-refractivity contribution in [2.75, 3.05) is 6.61 Å². The Bertz CT molecular complexity index is 327. The summed E-state index contributed by atoms with van der Waals surface area (Å²) in [5.74, 6) is 0. The molecule has 14 heavy (non-hydrogen) atoms. The molecule has 0 saturated carbocycles. The average Bonchev–Trinajstić information content (AvgIpc) is 2.67. The van der Waals surface area contributed by atoms with Crippen LogP contribution in [0.15, 0.2) is 30.3 Å². The van der Waals surface area contributed by atoms with Crippen LogP contribution in [0.4, 0.5) is 0 Å². The number of hydrogen-bond donors (Lipinski definition) is 0. The van der Waals surface area contributed by atoms with Crippen molar-refractivity contribution in [3.8, 4) is 0 Å². The lowest BCUT2D eigenvalue weighted by atomic mass is 10.1. The third-order valence-corrected chi connectivity index (χ3v) is 2.55. The quantitative estimate of drug-likeness (QED) is 0.723. The van der Waals surface area contributed by atoms with Crippen molar-refractivity contribution in [2.24, 2.45) is 0 Å². The summed E-state index contributed by atoms with van der Waals surface area (Å²) >= 11 is 5.88. The van der Waals surface area contributed by atoms with E-state index in [4.69, 9.17) is 16.3 Å². The van der Waals surface area contributed by atoms with E-state index >= 15 is 0 Å². The summed E-state index contributed by atoms with van der Waals surface area (Å²) in [5, 5.41) is 0.777. The molecular formula is C12H13ClO. The predicted octanol–water partition coefficient (Wildman–Crippen LogP) is 3.53. The lowest BCUT2D eigenvalue weighted by molar-refractivity contribution is 0.146. The molecule has 1 atom stereocenters. The molecular weight excluding hydrogens is 196 g/mol. The third-order valence-electron chi connectivity index (χ3n) is 2.32. The highest BCUT2D eigenvalue weighted by Gasteiger charge is 2.10. The van der Waals surface area contributed by atoms with E-state index in [1.54, 1.807) is 0 Å². The zero-order chi connectivity index (χ0) is 9.80. The molecule has 0 aliphatic carbocycles. The van der Waals surface area contributed by atoms with Crippen LogP contribution in [0.5, 0.6) is 0 Å². The predicted molar refractivity (Wildman–Crippen MR) is 59.5 cm³/mol. The van der Waals surface area contributed by atoms with Gasteiger partial charge in [0.15, 0.2) is 0 Å².